The lowest BCUT2D eigenvalue weighted by atomic mass is 10.6. The summed E-state index contributed by atoms with van der Waals surface area (Å²) in [6.45, 7) is 9.05. The minimum atomic E-state index is -1.48. The number of hydrogen-bond donors (Lipinski definition) is 0. The van der Waals surface area contributed by atoms with Gasteiger partial charge in [0.2, 0.25) is 0 Å². The molecule has 0 heterocycles. The Morgan fingerprint density at radius 1 is 1.33 bits per heavy atom. The molecule has 0 saturated heterocycles. The Labute approximate surface area is 72.8 Å². The lowest BCUT2D eigenvalue weighted by molar-refractivity contribution is -0.331. The van der Waals surface area contributed by atoms with Crippen LogP contribution in [-0.4, -0.2) is 25.2 Å². The molecule has 12 heavy (non-hydrogen) atoms. The summed E-state index contributed by atoms with van der Waals surface area (Å²) in [6, 6.07) is 0. The molecule has 0 N–H and O–H groups in total. The van der Waals surface area contributed by atoms with E-state index in [4.69, 9.17) is 14.2 Å². The molecule has 0 aromatic rings. The molecule has 0 aromatic heterocycles. The van der Waals surface area contributed by atoms with Gasteiger partial charge in [-0.05, 0) is 13.8 Å². The molecular weight excluding hydrogens is 160 g/mol. The number of carbonyl (C=O) groups is 1. The van der Waals surface area contributed by atoms with Crippen LogP contribution >= 0.6 is 0 Å². The van der Waals surface area contributed by atoms with E-state index in [2.05, 4.69) is 6.92 Å². The number of esters is 1. The third kappa shape index (κ3) is 4.31. The fraction of sp³-hybridized carbons (Fsp3) is 0.750. The van der Waals surface area contributed by atoms with Crippen molar-refractivity contribution in [2.75, 3.05) is 13.2 Å². The first kappa shape index (κ1) is 11.4. The maximum atomic E-state index is 10.6. The fourth-order valence-corrected chi connectivity index (χ4v) is 0.759. The molecule has 0 unspecified atom stereocenters. The zero-order valence-corrected chi connectivity index (χ0v) is 7.75. The van der Waals surface area contributed by atoms with Gasteiger partial charge in [-0.2, -0.15) is 0 Å². The van der Waals surface area contributed by atoms with Gasteiger partial charge in [-0.15, -0.1) is 0 Å². The minimum Gasteiger partial charge on any atom is -0.408 e. The summed E-state index contributed by atoms with van der Waals surface area (Å²) in [5.41, 5.74) is 0. The molecule has 0 fully saturated rings. The smallest absolute Gasteiger partial charge is 0.329 e. The van der Waals surface area contributed by atoms with Gasteiger partial charge in [0, 0.05) is 6.92 Å². The molecule has 0 bridgehead atoms. The Bertz CT molecular complexity index is 138. The van der Waals surface area contributed by atoms with Crippen LogP contribution in [0.1, 0.15) is 20.8 Å². The van der Waals surface area contributed by atoms with Crippen molar-refractivity contribution in [3.05, 3.63) is 6.92 Å². The van der Waals surface area contributed by atoms with Crippen molar-refractivity contribution in [2.45, 2.75) is 26.7 Å². The van der Waals surface area contributed by atoms with E-state index >= 15 is 0 Å². The summed E-state index contributed by atoms with van der Waals surface area (Å²) in [5, 5.41) is 0. The molecule has 71 valence electrons. The van der Waals surface area contributed by atoms with Crippen molar-refractivity contribution in [3.63, 3.8) is 0 Å². The summed E-state index contributed by atoms with van der Waals surface area (Å²) in [4.78, 5) is 10.6. The van der Waals surface area contributed by atoms with E-state index in [0.717, 1.165) is 0 Å². The Morgan fingerprint density at radius 2 is 1.75 bits per heavy atom. The van der Waals surface area contributed by atoms with Crippen molar-refractivity contribution in [3.8, 4) is 0 Å². The van der Waals surface area contributed by atoms with Gasteiger partial charge in [0.25, 0.3) is 0 Å². The highest BCUT2D eigenvalue weighted by molar-refractivity contribution is 5.66. The predicted octanol–water partition coefficient (Wildman–Crippen LogP) is 1.11. The monoisotopic (exact) mass is 175 g/mol. The Hall–Kier alpha value is -0.610. The Balaban J connectivity index is 4.07. The summed E-state index contributed by atoms with van der Waals surface area (Å²) in [5.74, 6) is -1.96. The first-order valence-corrected chi connectivity index (χ1v) is 3.87. The van der Waals surface area contributed by atoms with E-state index < -0.39 is 11.9 Å². The van der Waals surface area contributed by atoms with Gasteiger partial charge < -0.3 is 14.2 Å². The van der Waals surface area contributed by atoms with Crippen LogP contribution in [0, 0.1) is 6.92 Å². The molecule has 4 nitrogen and oxygen atoms in total. The molecule has 1 radical (unpaired) electrons. The lowest BCUT2D eigenvalue weighted by Gasteiger charge is -2.27. The second-order valence-electron chi connectivity index (χ2n) is 2.14. The molecule has 4 heteroatoms. The van der Waals surface area contributed by atoms with Crippen molar-refractivity contribution >= 4 is 5.97 Å². The molecule has 0 saturated carbocycles. The van der Waals surface area contributed by atoms with Crippen molar-refractivity contribution in [1.82, 2.24) is 0 Å². The summed E-state index contributed by atoms with van der Waals surface area (Å²) in [7, 11) is 0. The van der Waals surface area contributed by atoms with Crippen molar-refractivity contribution < 1.29 is 19.0 Å². The van der Waals surface area contributed by atoms with Crippen molar-refractivity contribution in [1.29, 1.82) is 0 Å². The standard InChI is InChI=1S/C8H15O4/c1-5-10-8(4,11-6-2)12-7(3)9/h4-6H2,1-3H3. The highest BCUT2D eigenvalue weighted by atomic mass is 16.9. The molecule has 0 aliphatic heterocycles. The van der Waals surface area contributed by atoms with Crippen LogP contribution in [0.2, 0.25) is 0 Å². The fourth-order valence-electron chi connectivity index (χ4n) is 0.759. The SMILES string of the molecule is [CH2]C(OCC)(OCC)OC(C)=O. The molecule has 0 rings (SSSR count). The predicted molar refractivity (Wildman–Crippen MR) is 43.1 cm³/mol. The van der Waals surface area contributed by atoms with E-state index in [1.807, 2.05) is 0 Å². The zero-order chi connectivity index (χ0) is 9.61. The highest BCUT2D eigenvalue weighted by Crippen LogP contribution is 2.13. The van der Waals surface area contributed by atoms with Gasteiger partial charge in [-0.25, -0.2) is 0 Å². The highest BCUT2D eigenvalue weighted by Gasteiger charge is 2.28. The zero-order valence-electron chi connectivity index (χ0n) is 7.75. The number of rotatable bonds is 5. The number of hydrogen-bond acceptors (Lipinski definition) is 4. The third-order valence-corrected chi connectivity index (χ3v) is 1.03. The quantitative estimate of drug-likeness (QED) is 0.464. The van der Waals surface area contributed by atoms with Crippen LogP contribution in [0.4, 0.5) is 0 Å². The van der Waals surface area contributed by atoms with E-state index in [0.29, 0.717) is 13.2 Å². The van der Waals surface area contributed by atoms with E-state index in [-0.39, 0.29) is 0 Å². The van der Waals surface area contributed by atoms with Gasteiger partial charge in [0.15, 0.2) is 0 Å². The van der Waals surface area contributed by atoms with Gasteiger partial charge >= 0.3 is 11.9 Å². The second-order valence-corrected chi connectivity index (χ2v) is 2.14. The Kier molecular flexibility index (Phi) is 4.85. The molecular formula is C8H15O4. The first-order chi connectivity index (χ1) is 5.54. The van der Waals surface area contributed by atoms with E-state index in [9.17, 15) is 4.79 Å². The van der Waals surface area contributed by atoms with Gasteiger partial charge in [0.05, 0.1) is 20.1 Å². The molecule has 0 spiro atoms. The van der Waals surface area contributed by atoms with E-state index in [1.54, 1.807) is 13.8 Å². The second kappa shape index (κ2) is 5.11. The van der Waals surface area contributed by atoms with Crippen LogP contribution in [0.15, 0.2) is 0 Å². The van der Waals surface area contributed by atoms with Gasteiger partial charge in [0.1, 0.15) is 0 Å². The van der Waals surface area contributed by atoms with Crippen LogP contribution in [0.25, 0.3) is 0 Å². The summed E-state index contributed by atoms with van der Waals surface area (Å²) in [6.07, 6.45) is 0. The van der Waals surface area contributed by atoms with Gasteiger partial charge in [-0.3, -0.25) is 4.79 Å². The van der Waals surface area contributed by atoms with Crippen molar-refractivity contribution in [2.24, 2.45) is 0 Å². The molecule has 0 amide bonds. The number of ether oxygens (including phenoxy) is 3. The molecule has 0 aliphatic rings. The molecule has 0 atom stereocenters. The topological polar surface area (TPSA) is 44.8 Å². The average Bonchev–Trinajstić information content (AvgIpc) is 1.85. The average molecular weight is 175 g/mol. The first-order valence-electron chi connectivity index (χ1n) is 3.87. The third-order valence-electron chi connectivity index (χ3n) is 1.03. The van der Waals surface area contributed by atoms with E-state index in [1.165, 1.54) is 6.92 Å². The van der Waals surface area contributed by atoms with Crippen LogP contribution in [0.5, 0.6) is 0 Å². The van der Waals surface area contributed by atoms with Crippen LogP contribution in [0.3, 0.4) is 0 Å². The number of carbonyl (C=O) groups excluding carboxylic acids is 1. The molecule has 0 aliphatic carbocycles. The maximum absolute atomic E-state index is 10.6. The van der Waals surface area contributed by atoms with Gasteiger partial charge in [-0.1, -0.05) is 0 Å². The maximum Gasteiger partial charge on any atom is 0.329 e. The minimum absolute atomic E-state index is 0.372. The normalized spacial score (nSPS) is 11.3. The largest absolute Gasteiger partial charge is 0.408 e. The van der Waals surface area contributed by atoms with Crippen LogP contribution < -0.4 is 0 Å². The van der Waals surface area contributed by atoms with Crippen LogP contribution in [-0.2, 0) is 19.0 Å². The summed E-state index contributed by atoms with van der Waals surface area (Å²) >= 11 is 0. The molecule has 0 aromatic carbocycles. The summed E-state index contributed by atoms with van der Waals surface area (Å²) < 4.78 is 14.7. The lowest BCUT2D eigenvalue weighted by Crippen LogP contribution is -2.37. The Morgan fingerprint density at radius 3 is 2.00 bits per heavy atom.